The van der Waals surface area contributed by atoms with Gasteiger partial charge >= 0.3 is 11.9 Å². The predicted molar refractivity (Wildman–Crippen MR) is 70.2 cm³/mol. The third kappa shape index (κ3) is 7.17. The molecule has 0 saturated heterocycles. The lowest BCUT2D eigenvalue weighted by molar-refractivity contribution is -0.143. The Kier molecular flexibility index (Phi) is 9.10. The molecule has 0 spiro atoms. The van der Waals surface area contributed by atoms with Crippen LogP contribution in [0.2, 0.25) is 0 Å². The number of aliphatic carboxylic acids is 2. The number of carbonyl (C=O) groups is 2. The third-order valence-corrected chi connectivity index (χ3v) is 2.86. The highest BCUT2D eigenvalue weighted by molar-refractivity contribution is 7.98. The summed E-state index contributed by atoms with van der Waals surface area (Å²) in [6, 6.07) is -1.71. The lowest BCUT2D eigenvalue weighted by Crippen LogP contribution is -2.52. The number of carboxylic acids is 2. The van der Waals surface area contributed by atoms with Gasteiger partial charge in [0.05, 0.1) is 0 Å². The van der Waals surface area contributed by atoms with Crippen molar-refractivity contribution in [2.75, 3.05) is 12.0 Å². The Bertz CT molecular complexity index is 317. The summed E-state index contributed by atoms with van der Waals surface area (Å²) in [6.07, 6.45) is 7.90. The van der Waals surface area contributed by atoms with Gasteiger partial charge < -0.3 is 10.2 Å². The van der Waals surface area contributed by atoms with E-state index in [4.69, 9.17) is 16.6 Å². The topological polar surface area (TPSA) is 98.7 Å². The van der Waals surface area contributed by atoms with Crippen LogP contribution in [0.5, 0.6) is 0 Å². The molecule has 0 fully saturated rings. The Balaban J connectivity index is 4.23. The summed E-state index contributed by atoms with van der Waals surface area (Å²) >= 11 is 1.53. The zero-order chi connectivity index (χ0) is 14.0. The Morgan fingerprint density at radius 1 is 1.22 bits per heavy atom. The van der Waals surface area contributed by atoms with Crippen LogP contribution < -0.4 is 10.9 Å². The second-order valence-corrected chi connectivity index (χ2v) is 4.58. The maximum atomic E-state index is 10.9. The fraction of sp³-hybridized carbons (Fsp3) is 0.636. The number of thioether (sulfide) groups is 1. The molecule has 0 amide bonds. The van der Waals surface area contributed by atoms with Crippen molar-refractivity contribution in [3.8, 4) is 12.3 Å². The Morgan fingerprint density at radius 2 is 1.72 bits per heavy atom. The first-order valence-corrected chi connectivity index (χ1v) is 6.81. The monoisotopic (exact) mass is 274 g/mol. The van der Waals surface area contributed by atoms with Gasteiger partial charge in [0.15, 0.2) is 0 Å². The molecular weight excluding hydrogens is 256 g/mol. The molecule has 6 nitrogen and oxygen atoms in total. The van der Waals surface area contributed by atoms with Crippen molar-refractivity contribution in [1.82, 2.24) is 10.9 Å². The molecule has 0 aromatic rings. The summed E-state index contributed by atoms with van der Waals surface area (Å²) in [4.78, 5) is 21.8. The van der Waals surface area contributed by atoms with Gasteiger partial charge in [-0.25, -0.2) is 10.9 Å². The molecule has 7 heteroatoms. The zero-order valence-corrected chi connectivity index (χ0v) is 11.0. The highest BCUT2D eigenvalue weighted by Gasteiger charge is 2.21. The van der Waals surface area contributed by atoms with E-state index in [0.29, 0.717) is 18.6 Å². The van der Waals surface area contributed by atoms with E-state index >= 15 is 0 Å². The van der Waals surface area contributed by atoms with Crippen molar-refractivity contribution in [1.29, 1.82) is 0 Å². The van der Waals surface area contributed by atoms with E-state index in [1.165, 1.54) is 11.8 Å². The van der Waals surface area contributed by atoms with E-state index in [1.807, 2.05) is 6.26 Å². The van der Waals surface area contributed by atoms with Gasteiger partial charge in [0, 0.05) is 6.42 Å². The lowest BCUT2D eigenvalue weighted by atomic mass is 10.2. The van der Waals surface area contributed by atoms with Crippen molar-refractivity contribution in [3.05, 3.63) is 0 Å². The highest BCUT2D eigenvalue weighted by Crippen LogP contribution is 2.01. The van der Waals surface area contributed by atoms with E-state index in [0.717, 1.165) is 0 Å². The molecule has 0 aliphatic carbocycles. The Morgan fingerprint density at radius 3 is 2.11 bits per heavy atom. The molecule has 0 aromatic carbocycles. The van der Waals surface area contributed by atoms with Gasteiger partial charge in [-0.2, -0.15) is 11.8 Å². The molecular formula is C11H18N2O4S. The van der Waals surface area contributed by atoms with Gasteiger partial charge in [-0.1, -0.05) is 0 Å². The van der Waals surface area contributed by atoms with Gasteiger partial charge in [-0.05, 0) is 24.9 Å². The first-order valence-electron chi connectivity index (χ1n) is 5.42. The van der Waals surface area contributed by atoms with Gasteiger partial charge in [-0.15, -0.1) is 12.3 Å². The van der Waals surface area contributed by atoms with Crippen molar-refractivity contribution < 1.29 is 19.8 Å². The second-order valence-electron chi connectivity index (χ2n) is 3.59. The summed E-state index contributed by atoms with van der Waals surface area (Å²) < 4.78 is 0. The van der Waals surface area contributed by atoms with Gasteiger partial charge in [0.2, 0.25) is 0 Å². The van der Waals surface area contributed by atoms with Crippen molar-refractivity contribution in [3.63, 3.8) is 0 Å². The predicted octanol–water partition coefficient (Wildman–Crippen LogP) is 0.154. The molecule has 1 unspecified atom stereocenters. The van der Waals surface area contributed by atoms with Crippen LogP contribution in [-0.4, -0.2) is 46.2 Å². The molecule has 0 heterocycles. The second kappa shape index (κ2) is 9.76. The average molecular weight is 274 g/mol. The zero-order valence-electron chi connectivity index (χ0n) is 10.2. The molecule has 102 valence electrons. The third-order valence-electron chi connectivity index (χ3n) is 2.22. The summed E-state index contributed by atoms with van der Waals surface area (Å²) in [5.41, 5.74) is 5.04. The minimum absolute atomic E-state index is 0.244. The molecule has 4 N–H and O–H groups in total. The number of hydrogen-bond donors (Lipinski definition) is 4. The van der Waals surface area contributed by atoms with E-state index in [-0.39, 0.29) is 6.42 Å². The number of hydrogen-bond acceptors (Lipinski definition) is 5. The minimum atomic E-state index is -1.06. The molecule has 0 radical (unpaired) electrons. The quantitative estimate of drug-likeness (QED) is 0.332. The van der Waals surface area contributed by atoms with E-state index in [2.05, 4.69) is 16.8 Å². The summed E-state index contributed by atoms with van der Waals surface area (Å²) in [5, 5.41) is 17.8. The molecule has 18 heavy (non-hydrogen) atoms. The van der Waals surface area contributed by atoms with E-state index in [1.54, 1.807) is 0 Å². The smallest absolute Gasteiger partial charge is 0.322 e. The van der Waals surface area contributed by atoms with Gasteiger partial charge in [-0.3, -0.25) is 9.59 Å². The van der Waals surface area contributed by atoms with Crippen molar-refractivity contribution >= 4 is 23.7 Å². The number of nitrogens with one attached hydrogen (secondary N) is 2. The lowest BCUT2D eigenvalue weighted by Gasteiger charge is -2.19. The average Bonchev–Trinajstić information content (AvgIpc) is 2.31. The standard InChI is InChI=1S/C11H18N2O4S/c1-3-4-5-8(10(14)15)12-13-9(11(16)17)6-7-18-2/h1,8-9,12-13H,4-7H2,2H3,(H,14,15)(H,16,17)/t8?,9-/m0/s1. The highest BCUT2D eigenvalue weighted by atomic mass is 32.2. The van der Waals surface area contributed by atoms with Crippen LogP contribution in [0.3, 0.4) is 0 Å². The van der Waals surface area contributed by atoms with Crippen LogP contribution in [0.25, 0.3) is 0 Å². The van der Waals surface area contributed by atoms with E-state index in [9.17, 15) is 9.59 Å². The van der Waals surface area contributed by atoms with Crippen molar-refractivity contribution in [2.24, 2.45) is 0 Å². The fourth-order valence-corrected chi connectivity index (χ4v) is 1.65. The number of carboxylic acid groups (broad SMARTS) is 2. The SMILES string of the molecule is C#CCCC(NN[C@@H](CCSC)C(=O)O)C(=O)O. The molecule has 0 saturated carbocycles. The first kappa shape index (κ1) is 16.8. The maximum Gasteiger partial charge on any atom is 0.322 e. The van der Waals surface area contributed by atoms with Gasteiger partial charge in [0.25, 0.3) is 0 Å². The summed E-state index contributed by atoms with van der Waals surface area (Å²) in [5.74, 6) is 0.942. The van der Waals surface area contributed by atoms with Crippen LogP contribution in [0.4, 0.5) is 0 Å². The molecule has 2 atom stereocenters. The summed E-state index contributed by atoms with van der Waals surface area (Å²) in [7, 11) is 0. The number of terminal acetylenes is 1. The number of rotatable bonds is 10. The molecule has 0 aliphatic rings. The molecule has 0 rings (SSSR count). The largest absolute Gasteiger partial charge is 0.480 e. The van der Waals surface area contributed by atoms with Crippen LogP contribution in [0.1, 0.15) is 19.3 Å². The van der Waals surface area contributed by atoms with Crippen LogP contribution in [-0.2, 0) is 9.59 Å². The van der Waals surface area contributed by atoms with Crippen molar-refractivity contribution in [2.45, 2.75) is 31.3 Å². The van der Waals surface area contributed by atoms with E-state index < -0.39 is 24.0 Å². The fourth-order valence-electron chi connectivity index (χ4n) is 1.18. The normalized spacial score (nSPS) is 13.6. The molecule has 0 aliphatic heterocycles. The van der Waals surface area contributed by atoms with Crippen LogP contribution in [0.15, 0.2) is 0 Å². The Labute approximate surface area is 110 Å². The van der Waals surface area contributed by atoms with Crippen LogP contribution >= 0.6 is 11.8 Å². The maximum absolute atomic E-state index is 10.9. The first-order chi connectivity index (χ1) is 8.52. The van der Waals surface area contributed by atoms with Crippen LogP contribution in [0, 0.1) is 12.3 Å². The van der Waals surface area contributed by atoms with Gasteiger partial charge in [0.1, 0.15) is 12.1 Å². The Hall–Kier alpha value is -1.23. The minimum Gasteiger partial charge on any atom is -0.480 e. The molecule has 0 aromatic heterocycles. The molecule has 0 bridgehead atoms. The number of hydrazine groups is 1. The summed E-state index contributed by atoms with van der Waals surface area (Å²) in [6.45, 7) is 0.